The van der Waals surface area contributed by atoms with Gasteiger partial charge in [-0.05, 0) is 60.0 Å². The van der Waals surface area contributed by atoms with Gasteiger partial charge in [-0.2, -0.15) is 11.8 Å². The van der Waals surface area contributed by atoms with E-state index in [-0.39, 0.29) is 17.6 Å². The standard InChI is InChI=1S/C25H23ClFN3O2S/c26-19-7-4-16(5-8-19)10-11-28-24(31)18-6-9-21-22(13-18)30-25(32)23(29-21)15-33-14-17-2-1-3-20(27)12-17/h1-9,12-13,23,29H,10-11,14-15H2,(H,28,31)(H,30,32). The predicted octanol–water partition coefficient (Wildman–Crippen LogP) is 5.12. The molecule has 4 rings (SSSR count). The number of carbonyl (C=O) groups is 2. The molecule has 3 aromatic rings. The SMILES string of the molecule is O=C(NCCc1ccc(Cl)cc1)c1ccc2c(c1)NC(=O)C(CSCc1cccc(F)c1)N2. The lowest BCUT2D eigenvalue weighted by molar-refractivity contribution is -0.116. The van der Waals surface area contributed by atoms with E-state index in [2.05, 4.69) is 16.0 Å². The van der Waals surface area contributed by atoms with Crippen molar-refractivity contribution >= 4 is 46.6 Å². The number of amides is 2. The normalized spacial score (nSPS) is 14.7. The van der Waals surface area contributed by atoms with Crippen LogP contribution in [0.25, 0.3) is 0 Å². The summed E-state index contributed by atoms with van der Waals surface area (Å²) in [5.74, 6) is 0.531. The minimum absolute atomic E-state index is 0.158. The average molecular weight is 484 g/mol. The third-order valence-corrected chi connectivity index (χ3v) is 6.60. The van der Waals surface area contributed by atoms with Crippen LogP contribution in [0.2, 0.25) is 5.02 Å². The topological polar surface area (TPSA) is 70.2 Å². The molecule has 1 atom stereocenters. The van der Waals surface area contributed by atoms with Crippen LogP contribution in [0.15, 0.2) is 66.7 Å². The molecule has 3 N–H and O–H groups in total. The quantitative estimate of drug-likeness (QED) is 0.416. The second kappa shape index (κ2) is 10.7. The van der Waals surface area contributed by atoms with Gasteiger partial charge < -0.3 is 16.0 Å². The van der Waals surface area contributed by atoms with Gasteiger partial charge in [-0.3, -0.25) is 9.59 Å². The Hall–Kier alpha value is -3.03. The van der Waals surface area contributed by atoms with E-state index in [1.165, 1.54) is 12.1 Å². The maximum atomic E-state index is 13.3. The first-order valence-electron chi connectivity index (χ1n) is 10.5. The van der Waals surface area contributed by atoms with Crippen LogP contribution in [-0.2, 0) is 17.0 Å². The van der Waals surface area contributed by atoms with Crippen molar-refractivity contribution in [2.45, 2.75) is 18.2 Å². The zero-order valence-corrected chi connectivity index (χ0v) is 19.3. The zero-order valence-electron chi connectivity index (χ0n) is 17.7. The van der Waals surface area contributed by atoms with Gasteiger partial charge in [0.05, 0.1) is 11.4 Å². The van der Waals surface area contributed by atoms with Crippen molar-refractivity contribution in [2.24, 2.45) is 0 Å². The van der Waals surface area contributed by atoms with Crippen LogP contribution in [-0.4, -0.2) is 30.2 Å². The van der Waals surface area contributed by atoms with Crippen LogP contribution >= 0.6 is 23.4 Å². The van der Waals surface area contributed by atoms with Gasteiger partial charge in [0.1, 0.15) is 11.9 Å². The first-order valence-corrected chi connectivity index (χ1v) is 12.1. The lowest BCUT2D eigenvalue weighted by Gasteiger charge is -2.27. The first kappa shape index (κ1) is 23.1. The summed E-state index contributed by atoms with van der Waals surface area (Å²) >= 11 is 7.45. The zero-order chi connectivity index (χ0) is 23.2. The van der Waals surface area contributed by atoms with Gasteiger partial charge in [-0.25, -0.2) is 4.39 Å². The van der Waals surface area contributed by atoms with Crippen molar-refractivity contribution in [1.29, 1.82) is 0 Å². The smallest absolute Gasteiger partial charge is 0.251 e. The lowest BCUT2D eigenvalue weighted by Crippen LogP contribution is -2.40. The first-order chi connectivity index (χ1) is 16.0. The molecule has 1 aliphatic rings. The molecule has 0 radical (unpaired) electrons. The number of carbonyl (C=O) groups excluding carboxylic acids is 2. The van der Waals surface area contributed by atoms with E-state index in [0.717, 1.165) is 16.8 Å². The maximum Gasteiger partial charge on any atom is 0.251 e. The van der Waals surface area contributed by atoms with E-state index >= 15 is 0 Å². The van der Waals surface area contributed by atoms with Gasteiger partial charge in [-0.1, -0.05) is 35.9 Å². The van der Waals surface area contributed by atoms with Crippen molar-refractivity contribution in [3.8, 4) is 0 Å². The second-order valence-electron chi connectivity index (χ2n) is 7.72. The number of halogens is 2. The summed E-state index contributed by atoms with van der Waals surface area (Å²) < 4.78 is 13.3. The summed E-state index contributed by atoms with van der Waals surface area (Å²) in [6.45, 7) is 0.493. The molecule has 8 heteroatoms. The van der Waals surface area contributed by atoms with Crippen LogP contribution < -0.4 is 16.0 Å². The van der Waals surface area contributed by atoms with Gasteiger partial charge in [0.15, 0.2) is 0 Å². The molecule has 1 heterocycles. The minimum Gasteiger partial charge on any atom is -0.371 e. The van der Waals surface area contributed by atoms with E-state index in [1.54, 1.807) is 36.0 Å². The Bertz CT molecular complexity index is 1160. The highest BCUT2D eigenvalue weighted by Crippen LogP contribution is 2.29. The molecule has 2 amide bonds. The molecule has 1 aliphatic heterocycles. The fourth-order valence-corrected chi connectivity index (χ4v) is 4.63. The molecule has 0 aromatic heterocycles. The van der Waals surface area contributed by atoms with Gasteiger partial charge in [-0.15, -0.1) is 0 Å². The molecule has 3 aromatic carbocycles. The summed E-state index contributed by atoms with van der Waals surface area (Å²) in [6, 6.07) is 18.8. The van der Waals surface area contributed by atoms with E-state index in [9.17, 15) is 14.0 Å². The predicted molar refractivity (Wildman–Crippen MR) is 133 cm³/mol. The summed E-state index contributed by atoms with van der Waals surface area (Å²) in [7, 11) is 0. The highest BCUT2D eigenvalue weighted by molar-refractivity contribution is 7.98. The van der Waals surface area contributed by atoms with Crippen LogP contribution in [0.3, 0.4) is 0 Å². The highest BCUT2D eigenvalue weighted by atomic mass is 35.5. The lowest BCUT2D eigenvalue weighted by atomic mass is 10.1. The van der Waals surface area contributed by atoms with Gasteiger partial charge in [0.25, 0.3) is 5.91 Å². The number of fused-ring (bicyclic) bond motifs is 1. The average Bonchev–Trinajstić information content (AvgIpc) is 2.80. The Morgan fingerprint density at radius 1 is 1.03 bits per heavy atom. The molecule has 0 saturated heterocycles. The minimum atomic E-state index is -0.407. The van der Waals surface area contributed by atoms with E-state index < -0.39 is 6.04 Å². The van der Waals surface area contributed by atoms with Gasteiger partial charge >= 0.3 is 0 Å². The summed E-state index contributed by atoms with van der Waals surface area (Å²) in [4.78, 5) is 25.1. The highest BCUT2D eigenvalue weighted by Gasteiger charge is 2.26. The third-order valence-electron chi connectivity index (χ3n) is 5.24. The van der Waals surface area contributed by atoms with E-state index in [1.807, 2.05) is 30.3 Å². The number of thioether (sulfide) groups is 1. The largest absolute Gasteiger partial charge is 0.371 e. The fraction of sp³-hybridized carbons (Fsp3) is 0.200. The molecule has 0 fully saturated rings. The van der Waals surface area contributed by atoms with Crippen LogP contribution in [0.5, 0.6) is 0 Å². The van der Waals surface area contributed by atoms with Gasteiger partial charge in [0, 0.05) is 28.6 Å². The third kappa shape index (κ3) is 6.27. The van der Waals surface area contributed by atoms with Crippen molar-refractivity contribution in [2.75, 3.05) is 22.9 Å². The summed E-state index contributed by atoms with van der Waals surface area (Å²) in [5, 5.41) is 9.69. The molecule has 0 saturated carbocycles. The van der Waals surface area contributed by atoms with Crippen molar-refractivity contribution in [3.63, 3.8) is 0 Å². The van der Waals surface area contributed by atoms with Crippen LogP contribution in [0.1, 0.15) is 21.5 Å². The molecule has 0 bridgehead atoms. The Balaban J connectivity index is 1.29. The number of nitrogens with one attached hydrogen (secondary N) is 3. The Morgan fingerprint density at radius 2 is 1.85 bits per heavy atom. The van der Waals surface area contributed by atoms with Crippen LogP contribution in [0.4, 0.5) is 15.8 Å². The summed E-state index contributed by atoms with van der Waals surface area (Å²) in [5.41, 5.74) is 3.79. The summed E-state index contributed by atoms with van der Waals surface area (Å²) in [6.07, 6.45) is 0.696. The molecular formula is C25H23ClFN3O2S. The number of anilines is 2. The van der Waals surface area contributed by atoms with Gasteiger partial charge in [0.2, 0.25) is 5.91 Å². The maximum absolute atomic E-state index is 13.3. The Morgan fingerprint density at radius 3 is 2.64 bits per heavy atom. The second-order valence-corrected chi connectivity index (χ2v) is 9.19. The number of hydrogen-bond donors (Lipinski definition) is 3. The molecule has 170 valence electrons. The van der Waals surface area contributed by atoms with Crippen LogP contribution in [0, 0.1) is 5.82 Å². The molecule has 5 nitrogen and oxygen atoms in total. The monoisotopic (exact) mass is 483 g/mol. The molecule has 33 heavy (non-hydrogen) atoms. The molecule has 0 aliphatic carbocycles. The van der Waals surface area contributed by atoms with Crippen molar-refractivity contribution < 1.29 is 14.0 Å². The Labute approximate surface area is 201 Å². The fourth-order valence-electron chi connectivity index (χ4n) is 3.50. The van der Waals surface area contributed by atoms with Crippen molar-refractivity contribution in [1.82, 2.24) is 5.32 Å². The van der Waals surface area contributed by atoms with E-state index in [4.69, 9.17) is 11.6 Å². The number of rotatable bonds is 8. The Kier molecular flexibility index (Phi) is 7.52. The molecular weight excluding hydrogens is 461 g/mol. The molecule has 1 unspecified atom stereocenters. The molecule has 0 spiro atoms. The number of benzene rings is 3. The van der Waals surface area contributed by atoms with E-state index in [0.29, 0.717) is 40.7 Å². The number of hydrogen-bond acceptors (Lipinski definition) is 4. The van der Waals surface area contributed by atoms with Crippen molar-refractivity contribution in [3.05, 3.63) is 94.3 Å².